The van der Waals surface area contributed by atoms with Gasteiger partial charge in [0.2, 0.25) is 0 Å². The number of fused-ring (bicyclic) bond motifs is 1. The summed E-state index contributed by atoms with van der Waals surface area (Å²) in [6.07, 6.45) is 0. The van der Waals surface area contributed by atoms with Gasteiger partial charge in [-0.15, -0.1) is 0 Å². The molecule has 5 heteroatoms. The van der Waals surface area contributed by atoms with Crippen molar-refractivity contribution in [3.05, 3.63) is 23.8 Å². The van der Waals surface area contributed by atoms with Crippen LogP contribution in [0.25, 0.3) is 0 Å². The van der Waals surface area contributed by atoms with Crippen molar-refractivity contribution in [2.75, 3.05) is 0 Å². The number of likely N-dealkylation sites (tertiary alicyclic amines) is 1. The van der Waals surface area contributed by atoms with Gasteiger partial charge in [0.1, 0.15) is 16.8 Å². The molecule has 0 radical (unpaired) electrons. The molecule has 1 saturated heterocycles. The summed E-state index contributed by atoms with van der Waals surface area (Å²) in [7, 11) is 0. The summed E-state index contributed by atoms with van der Waals surface area (Å²) < 4.78 is 12.7. The first-order valence-electron chi connectivity index (χ1n) is 13.5. The third kappa shape index (κ3) is 3.31. The van der Waals surface area contributed by atoms with Crippen molar-refractivity contribution in [1.29, 1.82) is 0 Å². The molecule has 2 aliphatic heterocycles. The molecule has 2 aliphatic rings. The quantitative estimate of drug-likeness (QED) is 0.483. The molecule has 36 heavy (non-hydrogen) atoms. The van der Waals surface area contributed by atoms with Crippen molar-refractivity contribution in [3.63, 3.8) is 0 Å². The molecule has 1 fully saturated rings. The minimum Gasteiger partial charge on any atom is -0.480 e. The number of rotatable bonds is 4. The first-order chi connectivity index (χ1) is 15.6. The van der Waals surface area contributed by atoms with Crippen molar-refractivity contribution in [1.82, 2.24) is 4.90 Å². The Kier molecular flexibility index (Phi) is 6.03. The van der Waals surface area contributed by atoms with Crippen LogP contribution in [0.3, 0.4) is 0 Å². The van der Waals surface area contributed by atoms with Crippen LogP contribution in [0.1, 0.15) is 116 Å². The predicted octanol–water partition coefficient (Wildman–Crippen LogP) is 6.64. The zero-order chi connectivity index (χ0) is 28.3. The maximum atomic E-state index is 12.3. The third-order valence-corrected chi connectivity index (χ3v) is 12.3. The Bertz CT molecular complexity index is 1020. The number of nitrogens with zero attached hydrogens (tertiary/aromatic N) is 1. The first-order valence-corrected chi connectivity index (χ1v) is 13.5. The summed E-state index contributed by atoms with van der Waals surface area (Å²) in [5.74, 6) is 1.32. The SMILES string of the molecule is CC1(C)Oc2ccc([C@@](C)(O)[C@](C)(N)C(C)(C)N3C(C)(C)C(C)(C)C(C)(C)C3(C)C)cc2OC1(C)C. The molecule has 2 atom stereocenters. The van der Waals surface area contributed by atoms with E-state index in [0.717, 1.165) is 0 Å². The highest BCUT2D eigenvalue weighted by Crippen LogP contribution is 2.67. The fraction of sp³-hybridized carbons (Fsp3) is 0.806. The van der Waals surface area contributed by atoms with Gasteiger partial charge in [-0.05, 0) is 112 Å². The van der Waals surface area contributed by atoms with Gasteiger partial charge >= 0.3 is 0 Å². The lowest BCUT2D eigenvalue weighted by atomic mass is 9.57. The largest absolute Gasteiger partial charge is 0.480 e. The van der Waals surface area contributed by atoms with Gasteiger partial charge in [-0.2, -0.15) is 0 Å². The van der Waals surface area contributed by atoms with Gasteiger partial charge in [0.25, 0.3) is 0 Å². The maximum absolute atomic E-state index is 12.3. The Morgan fingerprint density at radius 3 is 1.50 bits per heavy atom. The minimum atomic E-state index is -1.37. The minimum absolute atomic E-state index is 0.0158. The third-order valence-electron chi connectivity index (χ3n) is 12.3. The number of benzene rings is 1. The molecule has 0 saturated carbocycles. The van der Waals surface area contributed by atoms with Crippen LogP contribution < -0.4 is 15.2 Å². The van der Waals surface area contributed by atoms with Crippen LogP contribution in [0, 0.1) is 10.8 Å². The highest BCUT2D eigenvalue weighted by molar-refractivity contribution is 5.48. The van der Waals surface area contributed by atoms with Crippen LogP contribution in [0.5, 0.6) is 11.5 Å². The van der Waals surface area contributed by atoms with E-state index in [-0.39, 0.29) is 21.9 Å². The van der Waals surface area contributed by atoms with Gasteiger partial charge in [-0.1, -0.05) is 33.8 Å². The van der Waals surface area contributed by atoms with Gasteiger partial charge in [0.05, 0.1) is 5.54 Å². The smallest absolute Gasteiger partial charge is 0.162 e. The number of hydrogen-bond acceptors (Lipinski definition) is 5. The summed E-state index contributed by atoms with van der Waals surface area (Å²) in [6.45, 7) is 35.0. The fourth-order valence-electron chi connectivity index (χ4n) is 7.08. The van der Waals surface area contributed by atoms with Crippen LogP contribution in [-0.4, -0.2) is 43.4 Å². The van der Waals surface area contributed by atoms with Crippen molar-refractivity contribution >= 4 is 0 Å². The van der Waals surface area contributed by atoms with Gasteiger partial charge in [0, 0.05) is 16.6 Å². The van der Waals surface area contributed by atoms with Gasteiger partial charge < -0.3 is 20.3 Å². The zero-order valence-electron chi connectivity index (χ0n) is 26.0. The molecule has 3 rings (SSSR count). The predicted molar refractivity (Wildman–Crippen MR) is 150 cm³/mol. The van der Waals surface area contributed by atoms with E-state index < -0.39 is 27.9 Å². The van der Waals surface area contributed by atoms with Crippen molar-refractivity contribution < 1.29 is 14.6 Å². The van der Waals surface area contributed by atoms with E-state index in [1.165, 1.54) is 0 Å². The van der Waals surface area contributed by atoms with Crippen molar-refractivity contribution in [3.8, 4) is 11.5 Å². The standard InChI is InChI=1S/C31H54N2O3/c1-23(2)24(3,4)26(7,8)33(25(23,5)6)27(9,10)31(16,32)30(15,34)20-17-18-21-22(19-20)36-29(13,14)28(11,12)35-21/h17-19,34H,32H2,1-16H3/t30-,31-/m1/s1. The lowest BCUT2D eigenvalue weighted by Gasteiger charge is -2.62. The average Bonchev–Trinajstić information content (AvgIpc) is 2.73. The Labute approximate surface area is 221 Å². The first kappa shape index (κ1) is 29.3. The molecule has 206 valence electrons. The van der Waals surface area contributed by atoms with Crippen LogP contribution in [-0.2, 0) is 5.60 Å². The van der Waals surface area contributed by atoms with E-state index in [0.29, 0.717) is 17.1 Å². The van der Waals surface area contributed by atoms with Gasteiger partial charge in [-0.3, -0.25) is 4.90 Å². The lowest BCUT2D eigenvalue weighted by Crippen LogP contribution is -2.77. The van der Waals surface area contributed by atoms with E-state index in [4.69, 9.17) is 15.2 Å². The average molecular weight is 503 g/mol. The molecule has 0 bridgehead atoms. The number of hydrogen-bond donors (Lipinski definition) is 2. The number of nitrogens with two attached hydrogens (primary N) is 1. The van der Waals surface area contributed by atoms with Crippen LogP contribution >= 0.6 is 0 Å². The Morgan fingerprint density at radius 1 is 0.694 bits per heavy atom. The Hall–Kier alpha value is -1.30. The topological polar surface area (TPSA) is 68.0 Å². The zero-order valence-corrected chi connectivity index (χ0v) is 26.0. The highest BCUT2D eigenvalue weighted by Gasteiger charge is 2.72. The second-order valence-electron chi connectivity index (χ2n) is 15.4. The molecule has 1 aromatic rings. The molecule has 0 aliphatic carbocycles. The van der Waals surface area contributed by atoms with E-state index in [9.17, 15) is 5.11 Å². The van der Waals surface area contributed by atoms with Gasteiger partial charge in [-0.25, -0.2) is 0 Å². The monoisotopic (exact) mass is 502 g/mol. The number of ether oxygens (including phenoxy) is 2. The van der Waals surface area contributed by atoms with Gasteiger partial charge in [0.15, 0.2) is 11.5 Å². The summed E-state index contributed by atoms with van der Waals surface area (Å²) in [6, 6.07) is 5.72. The van der Waals surface area contributed by atoms with Crippen LogP contribution in [0.4, 0.5) is 0 Å². The molecule has 0 amide bonds. The van der Waals surface area contributed by atoms with Crippen molar-refractivity contribution in [2.45, 2.75) is 150 Å². The molecule has 0 spiro atoms. The molecule has 2 heterocycles. The second kappa shape index (κ2) is 7.42. The highest BCUT2D eigenvalue weighted by atomic mass is 16.6. The Balaban J connectivity index is 2.14. The lowest BCUT2D eigenvalue weighted by molar-refractivity contribution is -0.140. The van der Waals surface area contributed by atoms with E-state index in [1.807, 2.05) is 59.7 Å². The molecule has 0 aromatic heterocycles. The molecular formula is C31H54N2O3. The summed E-state index contributed by atoms with van der Waals surface area (Å²) in [5, 5.41) is 12.3. The normalized spacial score (nSPS) is 28.7. The maximum Gasteiger partial charge on any atom is 0.162 e. The van der Waals surface area contributed by atoms with Crippen molar-refractivity contribution in [2.24, 2.45) is 16.6 Å². The van der Waals surface area contributed by atoms with E-state index >= 15 is 0 Å². The molecule has 3 N–H and O–H groups in total. The summed E-state index contributed by atoms with van der Waals surface area (Å²) in [5.41, 5.74) is 3.60. The summed E-state index contributed by atoms with van der Waals surface area (Å²) in [4.78, 5) is 2.57. The van der Waals surface area contributed by atoms with Crippen LogP contribution in [0.15, 0.2) is 18.2 Å². The summed E-state index contributed by atoms with van der Waals surface area (Å²) >= 11 is 0. The molecular weight excluding hydrogens is 448 g/mol. The molecule has 1 aromatic carbocycles. The molecule has 0 unspecified atom stereocenters. The molecule has 5 nitrogen and oxygen atoms in total. The number of aliphatic hydroxyl groups is 1. The van der Waals surface area contributed by atoms with E-state index in [1.54, 1.807) is 0 Å². The Morgan fingerprint density at radius 2 is 1.08 bits per heavy atom. The van der Waals surface area contributed by atoms with Crippen LogP contribution in [0.2, 0.25) is 0 Å². The second-order valence-corrected chi connectivity index (χ2v) is 15.4. The fourth-order valence-corrected chi connectivity index (χ4v) is 7.08. The van der Waals surface area contributed by atoms with E-state index in [2.05, 4.69) is 74.1 Å².